The number of likely N-dealkylation sites (tertiary alicyclic amines) is 1. The van der Waals surface area contributed by atoms with Gasteiger partial charge in [-0.05, 0) is 54.2 Å². The molecule has 1 aliphatic heterocycles. The molecular weight excluding hydrogens is 526 g/mol. The fourth-order valence-electron chi connectivity index (χ4n) is 5.40. The summed E-state index contributed by atoms with van der Waals surface area (Å²) in [4.78, 5) is 15.5. The summed E-state index contributed by atoms with van der Waals surface area (Å²) in [6.45, 7) is 2.24. The van der Waals surface area contributed by atoms with E-state index >= 15 is 0 Å². The van der Waals surface area contributed by atoms with Gasteiger partial charge in [0.25, 0.3) is 0 Å². The Labute approximate surface area is 248 Å². The number of Topliss-reactive ketones (excluding diaryl/α,β-unsaturated/α-hetero) is 1. The first kappa shape index (κ1) is 29.5. The van der Waals surface area contributed by atoms with Crippen LogP contribution in [0.15, 0.2) is 109 Å². The first-order valence-electron chi connectivity index (χ1n) is 14.7. The van der Waals surface area contributed by atoms with Gasteiger partial charge >= 0.3 is 0 Å². The first-order chi connectivity index (χ1) is 20.5. The highest BCUT2D eigenvalue weighted by molar-refractivity contribution is 5.99. The standard InChI is InChI=1S/C36H39NO5/c38-31(25-37-22-20-36(40,21-23-37)30-14-8-3-9-15-30)27-42-35-19-17-32(41-26-29-12-6-2-7-13-29)24-33(35)34(39)18-16-28-10-4-1-5-11-28/h1-15,17,19,24,31,38,40H,16,18,20-23,25-27H2/t31-/m1/s1. The lowest BCUT2D eigenvalue weighted by Gasteiger charge is -2.39. The molecule has 218 valence electrons. The minimum atomic E-state index is -0.835. The molecular formula is C36H39NO5. The largest absolute Gasteiger partial charge is 0.490 e. The molecule has 6 heteroatoms. The Bertz CT molecular complexity index is 1400. The molecule has 0 aromatic heterocycles. The number of carbonyl (C=O) groups excluding carboxylic acids is 1. The van der Waals surface area contributed by atoms with Crippen LogP contribution in [0.2, 0.25) is 0 Å². The average molecular weight is 566 g/mol. The van der Waals surface area contributed by atoms with Gasteiger partial charge in [-0.25, -0.2) is 0 Å². The Hall–Kier alpha value is -3.97. The number of aryl methyl sites for hydroxylation is 1. The molecule has 1 heterocycles. The van der Waals surface area contributed by atoms with Crippen molar-refractivity contribution in [2.75, 3.05) is 26.2 Å². The van der Waals surface area contributed by atoms with Gasteiger partial charge < -0.3 is 24.6 Å². The van der Waals surface area contributed by atoms with Crippen molar-refractivity contribution in [1.82, 2.24) is 4.90 Å². The zero-order chi connectivity index (χ0) is 29.2. The third kappa shape index (κ3) is 8.07. The van der Waals surface area contributed by atoms with E-state index in [0.29, 0.717) is 69.0 Å². The molecule has 0 saturated carbocycles. The van der Waals surface area contributed by atoms with Gasteiger partial charge in [0.15, 0.2) is 5.78 Å². The van der Waals surface area contributed by atoms with E-state index in [1.165, 1.54) is 0 Å². The minimum absolute atomic E-state index is 0.0373. The van der Waals surface area contributed by atoms with Crippen LogP contribution in [0.25, 0.3) is 0 Å². The van der Waals surface area contributed by atoms with E-state index in [4.69, 9.17) is 9.47 Å². The topological polar surface area (TPSA) is 79.2 Å². The molecule has 2 N–H and O–H groups in total. The summed E-state index contributed by atoms with van der Waals surface area (Å²) < 4.78 is 12.0. The highest BCUT2D eigenvalue weighted by Gasteiger charge is 2.34. The average Bonchev–Trinajstić information content (AvgIpc) is 3.04. The van der Waals surface area contributed by atoms with Crippen molar-refractivity contribution in [1.29, 1.82) is 0 Å². The Morgan fingerprint density at radius 1 is 0.810 bits per heavy atom. The van der Waals surface area contributed by atoms with Crippen LogP contribution in [0.1, 0.15) is 46.3 Å². The second kappa shape index (κ2) is 14.3. The lowest BCUT2D eigenvalue weighted by Crippen LogP contribution is -2.46. The van der Waals surface area contributed by atoms with Crippen LogP contribution in [-0.4, -0.2) is 53.2 Å². The second-order valence-corrected chi connectivity index (χ2v) is 11.0. The normalized spacial score (nSPS) is 15.6. The number of hydrogen-bond donors (Lipinski definition) is 2. The number of ether oxygens (including phenoxy) is 2. The van der Waals surface area contributed by atoms with Gasteiger partial charge in [0.2, 0.25) is 0 Å². The summed E-state index contributed by atoms with van der Waals surface area (Å²) in [5.41, 5.74) is 2.70. The summed E-state index contributed by atoms with van der Waals surface area (Å²) >= 11 is 0. The molecule has 1 atom stereocenters. The van der Waals surface area contributed by atoms with Crippen LogP contribution in [-0.2, 0) is 18.6 Å². The lowest BCUT2D eigenvalue weighted by atomic mass is 9.84. The molecule has 0 amide bonds. The van der Waals surface area contributed by atoms with Gasteiger partial charge in [-0.3, -0.25) is 4.79 Å². The number of benzene rings is 4. The van der Waals surface area contributed by atoms with Gasteiger partial charge in [0.1, 0.15) is 30.8 Å². The maximum absolute atomic E-state index is 13.4. The van der Waals surface area contributed by atoms with Crippen molar-refractivity contribution in [2.24, 2.45) is 0 Å². The fraction of sp³-hybridized carbons (Fsp3) is 0.306. The van der Waals surface area contributed by atoms with E-state index in [1.807, 2.05) is 91.0 Å². The molecule has 1 fully saturated rings. The number of aliphatic hydroxyl groups is 2. The van der Waals surface area contributed by atoms with Gasteiger partial charge in [-0.2, -0.15) is 0 Å². The number of ketones is 1. The number of carbonyl (C=O) groups is 1. The number of β-amino-alcohol motifs (C(OH)–C–C–N with tert-alkyl or cyclic N) is 1. The molecule has 1 saturated heterocycles. The molecule has 5 rings (SSSR count). The van der Waals surface area contributed by atoms with Crippen molar-refractivity contribution in [3.05, 3.63) is 131 Å². The summed E-state index contributed by atoms with van der Waals surface area (Å²) in [5.74, 6) is 0.995. The first-order valence-corrected chi connectivity index (χ1v) is 14.7. The summed E-state index contributed by atoms with van der Waals surface area (Å²) in [5, 5.41) is 21.9. The van der Waals surface area contributed by atoms with Crippen LogP contribution >= 0.6 is 0 Å². The number of piperidine rings is 1. The van der Waals surface area contributed by atoms with Gasteiger partial charge in [0.05, 0.1) is 11.2 Å². The molecule has 4 aromatic carbocycles. The van der Waals surface area contributed by atoms with E-state index in [1.54, 1.807) is 18.2 Å². The second-order valence-electron chi connectivity index (χ2n) is 11.0. The third-order valence-electron chi connectivity index (χ3n) is 7.88. The molecule has 0 aliphatic carbocycles. The maximum atomic E-state index is 13.4. The Morgan fingerprint density at radius 3 is 2.10 bits per heavy atom. The van der Waals surface area contributed by atoms with Gasteiger partial charge in [-0.15, -0.1) is 0 Å². The molecule has 42 heavy (non-hydrogen) atoms. The number of rotatable bonds is 13. The number of aliphatic hydroxyl groups excluding tert-OH is 1. The Kier molecular flexibility index (Phi) is 10.0. The molecule has 4 aromatic rings. The lowest BCUT2D eigenvalue weighted by molar-refractivity contribution is -0.0372. The molecule has 0 radical (unpaired) electrons. The van der Waals surface area contributed by atoms with Crippen molar-refractivity contribution in [2.45, 2.75) is 44.0 Å². The molecule has 1 aliphatic rings. The van der Waals surface area contributed by atoms with E-state index in [9.17, 15) is 15.0 Å². The fourth-order valence-corrected chi connectivity index (χ4v) is 5.40. The van der Waals surface area contributed by atoms with E-state index in [2.05, 4.69) is 4.90 Å². The highest BCUT2D eigenvalue weighted by Crippen LogP contribution is 2.33. The molecule has 0 bridgehead atoms. The van der Waals surface area contributed by atoms with Crippen LogP contribution in [0, 0.1) is 0 Å². The van der Waals surface area contributed by atoms with E-state index in [-0.39, 0.29) is 12.4 Å². The zero-order valence-electron chi connectivity index (χ0n) is 23.9. The van der Waals surface area contributed by atoms with E-state index < -0.39 is 11.7 Å². The van der Waals surface area contributed by atoms with Gasteiger partial charge in [0, 0.05) is 26.1 Å². The Morgan fingerprint density at radius 2 is 1.43 bits per heavy atom. The van der Waals surface area contributed by atoms with Gasteiger partial charge in [-0.1, -0.05) is 91.0 Å². The zero-order valence-corrected chi connectivity index (χ0v) is 23.9. The predicted octanol–water partition coefficient (Wildman–Crippen LogP) is 5.80. The molecule has 0 spiro atoms. The predicted molar refractivity (Wildman–Crippen MR) is 164 cm³/mol. The molecule has 0 unspecified atom stereocenters. The third-order valence-corrected chi connectivity index (χ3v) is 7.88. The SMILES string of the molecule is O=C(CCc1ccccc1)c1cc(OCc2ccccc2)ccc1OC[C@H](O)CN1CCC(O)(c2ccccc2)CC1. The van der Waals surface area contributed by atoms with Crippen molar-refractivity contribution < 1.29 is 24.5 Å². The van der Waals surface area contributed by atoms with Crippen LogP contribution in [0.3, 0.4) is 0 Å². The van der Waals surface area contributed by atoms with Crippen molar-refractivity contribution in [3.8, 4) is 11.5 Å². The monoisotopic (exact) mass is 565 g/mol. The quantitative estimate of drug-likeness (QED) is 0.199. The number of nitrogens with zero attached hydrogens (tertiary/aromatic N) is 1. The van der Waals surface area contributed by atoms with Crippen LogP contribution < -0.4 is 9.47 Å². The van der Waals surface area contributed by atoms with Crippen molar-refractivity contribution in [3.63, 3.8) is 0 Å². The van der Waals surface area contributed by atoms with Crippen LogP contribution in [0.5, 0.6) is 11.5 Å². The smallest absolute Gasteiger partial charge is 0.167 e. The highest BCUT2D eigenvalue weighted by atomic mass is 16.5. The van der Waals surface area contributed by atoms with Crippen molar-refractivity contribution >= 4 is 5.78 Å². The Balaban J connectivity index is 1.19. The van der Waals surface area contributed by atoms with E-state index in [0.717, 1.165) is 16.7 Å². The number of hydrogen-bond acceptors (Lipinski definition) is 6. The summed E-state index contributed by atoms with van der Waals surface area (Å²) in [6.07, 6.45) is 1.43. The summed E-state index contributed by atoms with van der Waals surface area (Å²) in [7, 11) is 0. The minimum Gasteiger partial charge on any atom is -0.490 e. The maximum Gasteiger partial charge on any atom is 0.167 e. The van der Waals surface area contributed by atoms with Crippen LogP contribution in [0.4, 0.5) is 0 Å². The molecule has 6 nitrogen and oxygen atoms in total. The summed E-state index contributed by atoms with van der Waals surface area (Å²) in [6, 6.07) is 34.9.